The summed E-state index contributed by atoms with van der Waals surface area (Å²) in [5, 5.41) is 2.62. The van der Waals surface area contributed by atoms with E-state index in [1.54, 1.807) is 12.4 Å². The largest absolute Gasteiger partial charge is 0.359 e. The van der Waals surface area contributed by atoms with Gasteiger partial charge in [0.25, 0.3) is 0 Å². The number of nitrogens with zero attached hydrogens (tertiary/aromatic N) is 1. The van der Waals surface area contributed by atoms with Crippen molar-refractivity contribution in [2.24, 2.45) is 0 Å². The summed E-state index contributed by atoms with van der Waals surface area (Å²) in [4.78, 5) is 13.8. The molecule has 0 spiro atoms. The van der Waals surface area contributed by atoms with Gasteiger partial charge in [-0.05, 0) is 30.5 Å². The molecule has 0 aliphatic carbocycles. The fraction of sp³-hybridized carbons (Fsp3) is 0.333. The molecule has 0 saturated carbocycles. The molecule has 3 heteroatoms. The van der Waals surface area contributed by atoms with E-state index in [1.165, 1.54) is 5.56 Å². The van der Waals surface area contributed by atoms with Crippen LogP contribution in [-0.4, -0.2) is 17.9 Å². The maximum atomic E-state index is 9.90. The Kier molecular flexibility index (Phi) is 3.84. The van der Waals surface area contributed by atoms with Crippen molar-refractivity contribution in [2.45, 2.75) is 12.8 Å². The molecule has 0 unspecified atom stereocenters. The smallest absolute Gasteiger partial charge is 0.207 e. The average Bonchev–Trinajstić information content (AvgIpc) is 2.14. The van der Waals surface area contributed by atoms with Gasteiger partial charge < -0.3 is 5.32 Å². The molecule has 0 aromatic carbocycles. The molecule has 64 valence electrons. The van der Waals surface area contributed by atoms with Crippen LogP contribution in [0, 0.1) is 0 Å². The van der Waals surface area contributed by atoms with Crippen molar-refractivity contribution in [3.63, 3.8) is 0 Å². The second kappa shape index (κ2) is 5.29. The third-order valence-electron chi connectivity index (χ3n) is 1.62. The molecule has 1 N–H and O–H groups in total. The monoisotopic (exact) mass is 164 g/mol. The Morgan fingerprint density at radius 3 is 2.83 bits per heavy atom. The Morgan fingerprint density at radius 1 is 1.42 bits per heavy atom. The number of hydrogen-bond acceptors (Lipinski definition) is 2. The second-order valence-electron chi connectivity index (χ2n) is 2.53. The summed E-state index contributed by atoms with van der Waals surface area (Å²) in [5.41, 5.74) is 1.26. The van der Waals surface area contributed by atoms with Gasteiger partial charge in [-0.3, -0.25) is 9.78 Å². The SMILES string of the molecule is O=CNCCCc1ccncc1. The highest BCUT2D eigenvalue weighted by atomic mass is 16.1. The lowest BCUT2D eigenvalue weighted by Gasteiger charge is -1.99. The van der Waals surface area contributed by atoms with Gasteiger partial charge in [0, 0.05) is 18.9 Å². The lowest BCUT2D eigenvalue weighted by Crippen LogP contribution is -2.12. The topological polar surface area (TPSA) is 42.0 Å². The van der Waals surface area contributed by atoms with Gasteiger partial charge in [-0.2, -0.15) is 0 Å². The Labute approximate surface area is 71.8 Å². The van der Waals surface area contributed by atoms with Crippen molar-refractivity contribution in [1.82, 2.24) is 10.3 Å². The van der Waals surface area contributed by atoms with Crippen LogP contribution >= 0.6 is 0 Å². The maximum absolute atomic E-state index is 9.90. The highest BCUT2D eigenvalue weighted by Crippen LogP contribution is 1.99. The number of pyridine rings is 1. The van der Waals surface area contributed by atoms with Crippen LogP contribution in [0.15, 0.2) is 24.5 Å². The van der Waals surface area contributed by atoms with Crippen molar-refractivity contribution in [3.05, 3.63) is 30.1 Å². The minimum absolute atomic E-state index is 0.729. The van der Waals surface area contributed by atoms with Gasteiger partial charge in [-0.15, -0.1) is 0 Å². The zero-order valence-electron chi connectivity index (χ0n) is 6.86. The molecule has 1 rings (SSSR count). The third kappa shape index (κ3) is 3.14. The Hall–Kier alpha value is -1.38. The minimum atomic E-state index is 0.729. The third-order valence-corrected chi connectivity index (χ3v) is 1.62. The zero-order chi connectivity index (χ0) is 8.65. The molecule has 1 aromatic heterocycles. The molecule has 0 bridgehead atoms. The number of nitrogens with one attached hydrogen (secondary N) is 1. The fourth-order valence-electron chi connectivity index (χ4n) is 1.00. The molecule has 1 amide bonds. The van der Waals surface area contributed by atoms with E-state index >= 15 is 0 Å². The van der Waals surface area contributed by atoms with Gasteiger partial charge in [-0.25, -0.2) is 0 Å². The predicted octanol–water partition coefficient (Wildman–Crippen LogP) is 0.760. The molecular weight excluding hydrogens is 152 g/mol. The molecule has 0 aliphatic rings. The summed E-state index contributed by atoms with van der Waals surface area (Å²) < 4.78 is 0. The van der Waals surface area contributed by atoms with Crippen LogP contribution in [0.4, 0.5) is 0 Å². The first-order chi connectivity index (χ1) is 5.93. The fourth-order valence-corrected chi connectivity index (χ4v) is 1.00. The normalized spacial score (nSPS) is 9.33. The van der Waals surface area contributed by atoms with E-state index in [9.17, 15) is 4.79 Å². The molecule has 0 saturated heterocycles. The van der Waals surface area contributed by atoms with E-state index in [0.29, 0.717) is 0 Å². The number of rotatable bonds is 5. The molecule has 1 aromatic rings. The van der Waals surface area contributed by atoms with E-state index in [1.807, 2.05) is 12.1 Å². The first kappa shape index (κ1) is 8.71. The van der Waals surface area contributed by atoms with Crippen LogP contribution in [0.1, 0.15) is 12.0 Å². The van der Waals surface area contributed by atoms with E-state index < -0.39 is 0 Å². The number of amides is 1. The van der Waals surface area contributed by atoms with Crippen molar-refractivity contribution in [1.29, 1.82) is 0 Å². The molecule has 0 radical (unpaired) electrons. The van der Waals surface area contributed by atoms with Crippen LogP contribution in [0.3, 0.4) is 0 Å². The maximum Gasteiger partial charge on any atom is 0.207 e. The summed E-state index contributed by atoms with van der Waals surface area (Å²) in [6.07, 6.45) is 6.25. The predicted molar refractivity (Wildman–Crippen MR) is 46.6 cm³/mol. The lowest BCUT2D eigenvalue weighted by molar-refractivity contribution is -0.109. The van der Waals surface area contributed by atoms with Crippen molar-refractivity contribution in [3.8, 4) is 0 Å². The quantitative estimate of drug-likeness (QED) is 0.515. The number of hydrogen-bond donors (Lipinski definition) is 1. The highest BCUT2D eigenvalue weighted by Gasteiger charge is 1.90. The average molecular weight is 164 g/mol. The summed E-state index contributed by atoms with van der Waals surface area (Å²) in [7, 11) is 0. The number of aryl methyl sites for hydroxylation is 1. The van der Waals surface area contributed by atoms with Crippen LogP contribution < -0.4 is 5.32 Å². The standard InChI is InChI=1S/C9H12N2O/c12-8-11-5-1-2-9-3-6-10-7-4-9/h3-4,6-8H,1-2,5H2,(H,11,12). The number of carbonyl (C=O) groups is 1. The van der Waals surface area contributed by atoms with Gasteiger partial charge >= 0.3 is 0 Å². The molecule has 1 heterocycles. The Morgan fingerprint density at radius 2 is 2.17 bits per heavy atom. The lowest BCUT2D eigenvalue weighted by atomic mass is 10.1. The molecule has 0 fully saturated rings. The van der Waals surface area contributed by atoms with Gasteiger partial charge in [0.05, 0.1) is 0 Å². The van der Waals surface area contributed by atoms with Crippen LogP contribution in [0.25, 0.3) is 0 Å². The Bertz CT molecular complexity index is 223. The van der Waals surface area contributed by atoms with E-state index in [2.05, 4.69) is 10.3 Å². The van der Waals surface area contributed by atoms with Crippen LogP contribution in [-0.2, 0) is 11.2 Å². The van der Waals surface area contributed by atoms with Crippen molar-refractivity contribution < 1.29 is 4.79 Å². The van der Waals surface area contributed by atoms with Crippen molar-refractivity contribution >= 4 is 6.41 Å². The molecule has 0 aliphatic heterocycles. The summed E-state index contributed by atoms with van der Waals surface area (Å²) in [6, 6.07) is 3.97. The number of carbonyl (C=O) groups excluding carboxylic acids is 1. The van der Waals surface area contributed by atoms with Crippen molar-refractivity contribution in [2.75, 3.05) is 6.54 Å². The molecule has 12 heavy (non-hydrogen) atoms. The van der Waals surface area contributed by atoms with E-state index in [4.69, 9.17) is 0 Å². The summed E-state index contributed by atoms with van der Waals surface area (Å²) in [5.74, 6) is 0. The van der Waals surface area contributed by atoms with Gasteiger partial charge in [0.2, 0.25) is 6.41 Å². The van der Waals surface area contributed by atoms with Gasteiger partial charge in [0.15, 0.2) is 0 Å². The molecule has 3 nitrogen and oxygen atoms in total. The molecule has 0 atom stereocenters. The minimum Gasteiger partial charge on any atom is -0.359 e. The Balaban J connectivity index is 2.20. The number of aromatic nitrogens is 1. The van der Waals surface area contributed by atoms with Crippen LogP contribution in [0.5, 0.6) is 0 Å². The highest BCUT2D eigenvalue weighted by molar-refractivity contribution is 5.45. The first-order valence-electron chi connectivity index (χ1n) is 3.99. The van der Waals surface area contributed by atoms with E-state index in [0.717, 1.165) is 25.8 Å². The van der Waals surface area contributed by atoms with Crippen LogP contribution in [0.2, 0.25) is 0 Å². The second-order valence-corrected chi connectivity index (χ2v) is 2.53. The molecular formula is C9H12N2O. The summed E-state index contributed by atoms with van der Waals surface area (Å²) in [6.45, 7) is 0.742. The first-order valence-corrected chi connectivity index (χ1v) is 3.99. The van der Waals surface area contributed by atoms with Gasteiger partial charge in [0.1, 0.15) is 0 Å². The summed E-state index contributed by atoms with van der Waals surface area (Å²) >= 11 is 0. The zero-order valence-corrected chi connectivity index (χ0v) is 6.86. The van der Waals surface area contributed by atoms with Gasteiger partial charge in [-0.1, -0.05) is 0 Å². The van der Waals surface area contributed by atoms with E-state index in [-0.39, 0.29) is 0 Å².